The van der Waals surface area contributed by atoms with Gasteiger partial charge in [0.2, 0.25) is 0 Å². The Kier molecular flexibility index (Phi) is 3.71. The molecule has 19 heavy (non-hydrogen) atoms. The maximum absolute atomic E-state index is 13.4. The number of nitrogens with zero attached hydrogens (tertiary/aromatic N) is 2. The van der Waals surface area contributed by atoms with E-state index in [1.165, 1.54) is 12.3 Å². The zero-order valence-corrected chi connectivity index (χ0v) is 10.7. The number of aromatic carboxylic acids is 1. The lowest BCUT2D eigenvalue weighted by atomic mass is 10.2. The summed E-state index contributed by atoms with van der Waals surface area (Å²) < 4.78 is 20.4. The van der Waals surface area contributed by atoms with Gasteiger partial charge in [-0.15, -0.1) is 0 Å². The van der Waals surface area contributed by atoms with Gasteiger partial charge in [-0.2, -0.15) is 0 Å². The van der Waals surface area contributed by atoms with E-state index in [1.807, 2.05) is 0 Å². The molecule has 0 fully saturated rings. The molecule has 1 heterocycles. The lowest BCUT2D eigenvalue weighted by molar-refractivity contribution is 0.0692. The molecule has 0 aliphatic rings. The standard InChI is InChI=1S/C12H10ClFN2O3/c1-16-10(13)5-15-11(16)6-19-7-2-3-8(12(17)18)9(14)4-7/h2-5H,6H2,1H3,(H,17,18). The molecule has 1 aromatic carbocycles. The van der Waals surface area contributed by atoms with Crippen LogP contribution in [0.4, 0.5) is 4.39 Å². The first-order valence-corrected chi connectivity index (χ1v) is 5.68. The number of imidazole rings is 1. The molecular weight excluding hydrogens is 275 g/mol. The van der Waals surface area contributed by atoms with Crippen LogP contribution in [0.25, 0.3) is 0 Å². The smallest absolute Gasteiger partial charge is 0.338 e. The second-order valence-corrected chi connectivity index (χ2v) is 4.18. The zero-order chi connectivity index (χ0) is 14.0. The van der Waals surface area contributed by atoms with Gasteiger partial charge in [0.05, 0.1) is 11.8 Å². The van der Waals surface area contributed by atoms with E-state index in [1.54, 1.807) is 11.6 Å². The molecule has 0 saturated heterocycles. The first-order chi connectivity index (χ1) is 8.99. The Bertz CT molecular complexity index is 627. The molecule has 5 nitrogen and oxygen atoms in total. The van der Waals surface area contributed by atoms with E-state index in [9.17, 15) is 9.18 Å². The third-order valence-electron chi connectivity index (χ3n) is 2.57. The van der Waals surface area contributed by atoms with Gasteiger partial charge in [0, 0.05) is 13.1 Å². The van der Waals surface area contributed by atoms with Crippen molar-refractivity contribution >= 4 is 17.6 Å². The maximum Gasteiger partial charge on any atom is 0.338 e. The number of hydrogen-bond acceptors (Lipinski definition) is 3. The highest BCUT2D eigenvalue weighted by atomic mass is 35.5. The maximum atomic E-state index is 13.4. The number of carboxylic acids is 1. The molecule has 1 N–H and O–H groups in total. The average molecular weight is 285 g/mol. The van der Waals surface area contributed by atoms with E-state index in [0.717, 1.165) is 12.1 Å². The third-order valence-corrected chi connectivity index (χ3v) is 2.92. The van der Waals surface area contributed by atoms with Gasteiger partial charge in [-0.05, 0) is 12.1 Å². The number of aromatic nitrogens is 2. The Morgan fingerprint density at radius 3 is 2.84 bits per heavy atom. The van der Waals surface area contributed by atoms with Crippen molar-refractivity contribution in [3.05, 3.63) is 46.8 Å². The van der Waals surface area contributed by atoms with Gasteiger partial charge in [-0.3, -0.25) is 0 Å². The predicted molar refractivity (Wildman–Crippen MR) is 65.9 cm³/mol. The van der Waals surface area contributed by atoms with Crippen molar-refractivity contribution in [2.24, 2.45) is 7.05 Å². The van der Waals surface area contributed by atoms with E-state index in [0.29, 0.717) is 11.0 Å². The van der Waals surface area contributed by atoms with Crippen LogP contribution in [0.1, 0.15) is 16.2 Å². The van der Waals surface area contributed by atoms with Crippen molar-refractivity contribution in [1.82, 2.24) is 9.55 Å². The minimum Gasteiger partial charge on any atom is -0.486 e. The molecule has 0 aliphatic carbocycles. The molecule has 100 valence electrons. The molecule has 7 heteroatoms. The summed E-state index contributed by atoms with van der Waals surface area (Å²) in [5.41, 5.74) is -0.396. The van der Waals surface area contributed by atoms with Crippen LogP contribution in [0, 0.1) is 5.82 Å². The van der Waals surface area contributed by atoms with Crippen LogP contribution in [0.3, 0.4) is 0 Å². The number of hydrogen-bond donors (Lipinski definition) is 1. The van der Waals surface area contributed by atoms with Crippen molar-refractivity contribution < 1.29 is 19.0 Å². The number of rotatable bonds is 4. The quantitative estimate of drug-likeness (QED) is 0.937. The number of carboxylic acid groups (broad SMARTS) is 1. The fourth-order valence-corrected chi connectivity index (χ4v) is 1.61. The minimum absolute atomic E-state index is 0.106. The Morgan fingerprint density at radius 1 is 1.58 bits per heavy atom. The predicted octanol–water partition coefficient (Wildman–Crippen LogP) is 2.49. The molecule has 2 rings (SSSR count). The van der Waals surface area contributed by atoms with Gasteiger partial charge < -0.3 is 14.4 Å². The second-order valence-electron chi connectivity index (χ2n) is 3.79. The van der Waals surface area contributed by atoms with Crippen molar-refractivity contribution in [1.29, 1.82) is 0 Å². The number of benzene rings is 1. The summed E-state index contributed by atoms with van der Waals surface area (Å²) in [5.74, 6) is -1.36. The van der Waals surface area contributed by atoms with Crippen molar-refractivity contribution in [3.63, 3.8) is 0 Å². The molecule has 0 spiro atoms. The molecule has 2 aromatic rings. The van der Waals surface area contributed by atoms with Crippen LogP contribution in [0.15, 0.2) is 24.4 Å². The summed E-state index contributed by atoms with van der Waals surface area (Å²) in [5, 5.41) is 9.16. The van der Waals surface area contributed by atoms with E-state index in [2.05, 4.69) is 4.98 Å². The molecule has 0 bridgehead atoms. The van der Waals surface area contributed by atoms with Gasteiger partial charge in [0.25, 0.3) is 0 Å². The van der Waals surface area contributed by atoms with E-state index < -0.39 is 17.3 Å². The van der Waals surface area contributed by atoms with Crippen LogP contribution in [-0.2, 0) is 13.7 Å². The fraction of sp³-hybridized carbons (Fsp3) is 0.167. The largest absolute Gasteiger partial charge is 0.486 e. The van der Waals surface area contributed by atoms with Crippen LogP contribution >= 0.6 is 11.6 Å². The first-order valence-electron chi connectivity index (χ1n) is 5.30. The highest BCUT2D eigenvalue weighted by Gasteiger charge is 2.11. The van der Waals surface area contributed by atoms with E-state index in [4.69, 9.17) is 21.4 Å². The number of halogens is 2. The van der Waals surface area contributed by atoms with Crippen LogP contribution in [0.2, 0.25) is 5.15 Å². The highest BCUT2D eigenvalue weighted by molar-refractivity contribution is 6.29. The first kappa shape index (κ1) is 13.4. The van der Waals surface area contributed by atoms with Crippen LogP contribution < -0.4 is 4.74 Å². The summed E-state index contributed by atoms with van der Waals surface area (Å²) in [6.45, 7) is 0.106. The molecule has 0 radical (unpaired) electrons. The number of carbonyl (C=O) groups is 1. The second kappa shape index (κ2) is 5.27. The van der Waals surface area contributed by atoms with Gasteiger partial charge in [0.1, 0.15) is 29.2 Å². The summed E-state index contributed by atoms with van der Waals surface area (Å²) in [4.78, 5) is 14.7. The molecule has 0 atom stereocenters. The molecule has 0 unspecified atom stereocenters. The number of ether oxygens (including phenoxy) is 1. The van der Waals surface area contributed by atoms with Crippen molar-refractivity contribution in [3.8, 4) is 5.75 Å². The van der Waals surface area contributed by atoms with Crippen molar-refractivity contribution in [2.75, 3.05) is 0 Å². The van der Waals surface area contributed by atoms with E-state index in [-0.39, 0.29) is 12.4 Å². The fourth-order valence-electron chi connectivity index (χ4n) is 1.47. The SMILES string of the molecule is Cn1c(Cl)cnc1COc1ccc(C(=O)O)c(F)c1. The summed E-state index contributed by atoms with van der Waals surface area (Å²) in [7, 11) is 1.72. The molecule has 0 saturated carbocycles. The van der Waals surface area contributed by atoms with Crippen LogP contribution in [-0.4, -0.2) is 20.6 Å². The van der Waals surface area contributed by atoms with E-state index >= 15 is 0 Å². The van der Waals surface area contributed by atoms with Gasteiger partial charge >= 0.3 is 5.97 Å². The monoisotopic (exact) mass is 284 g/mol. The minimum atomic E-state index is -1.32. The average Bonchev–Trinajstić information content (AvgIpc) is 2.67. The van der Waals surface area contributed by atoms with Gasteiger partial charge in [-0.1, -0.05) is 11.6 Å². The zero-order valence-electron chi connectivity index (χ0n) is 9.93. The molecule has 0 amide bonds. The lowest BCUT2D eigenvalue weighted by Gasteiger charge is -2.07. The highest BCUT2D eigenvalue weighted by Crippen LogP contribution is 2.18. The Morgan fingerprint density at radius 2 is 2.32 bits per heavy atom. The molecule has 0 aliphatic heterocycles. The van der Waals surface area contributed by atoms with Gasteiger partial charge in [-0.25, -0.2) is 14.2 Å². The van der Waals surface area contributed by atoms with Gasteiger partial charge in [0.15, 0.2) is 0 Å². The Hall–Kier alpha value is -2.08. The Labute approximate surface area is 113 Å². The summed E-state index contributed by atoms with van der Waals surface area (Å²) >= 11 is 5.81. The third kappa shape index (κ3) is 2.85. The normalized spacial score (nSPS) is 10.5. The topological polar surface area (TPSA) is 64.4 Å². The summed E-state index contributed by atoms with van der Waals surface area (Å²) in [6.07, 6.45) is 1.48. The molecule has 1 aromatic heterocycles. The summed E-state index contributed by atoms with van der Waals surface area (Å²) in [6, 6.07) is 3.56. The van der Waals surface area contributed by atoms with Crippen LogP contribution in [0.5, 0.6) is 5.75 Å². The molecular formula is C12H10ClFN2O3. The Balaban J connectivity index is 2.10. The lowest BCUT2D eigenvalue weighted by Crippen LogP contribution is -2.05. The van der Waals surface area contributed by atoms with Crippen molar-refractivity contribution in [2.45, 2.75) is 6.61 Å².